The zero-order chi connectivity index (χ0) is 15.4. The highest BCUT2D eigenvalue weighted by atomic mass is 16.1. The number of nitrogens with zero attached hydrogens (tertiary/aromatic N) is 4. The van der Waals surface area contributed by atoms with Crippen LogP contribution in [0.2, 0.25) is 0 Å². The van der Waals surface area contributed by atoms with Crippen molar-refractivity contribution in [2.45, 2.75) is 44.7 Å². The average Bonchev–Trinajstić information content (AvgIpc) is 3.22. The van der Waals surface area contributed by atoms with Crippen LogP contribution in [-0.2, 0) is 6.54 Å². The van der Waals surface area contributed by atoms with Gasteiger partial charge in [0.2, 0.25) is 0 Å². The molecule has 2 heterocycles. The lowest BCUT2D eigenvalue weighted by atomic mass is 9.95. The Labute approximate surface area is 128 Å². The lowest BCUT2D eigenvalue weighted by Crippen LogP contribution is -2.26. The standard InChI is InChI=1S/C15H18N6O/c16-7-11-6-13(17-8-11)15(22)18-9-14-20-19-10-21(14)12-4-2-1-3-5-12/h6,8,10,12,17H,1-5,9H2,(H,18,22). The molecule has 3 rings (SSSR count). The van der Waals surface area contributed by atoms with E-state index < -0.39 is 0 Å². The van der Waals surface area contributed by atoms with E-state index >= 15 is 0 Å². The van der Waals surface area contributed by atoms with Crippen molar-refractivity contribution >= 4 is 5.91 Å². The predicted molar refractivity (Wildman–Crippen MR) is 78.8 cm³/mol. The van der Waals surface area contributed by atoms with Gasteiger partial charge in [0, 0.05) is 12.2 Å². The maximum absolute atomic E-state index is 12.0. The molecule has 1 fully saturated rings. The molecule has 0 spiro atoms. The third-order valence-electron chi connectivity index (χ3n) is 4.08. The molecule has 1 amide bonds. The maximum atomic E-state index is 12.0. The topological polar surface area (TPSA) is 99.4 Å². The Balaban J connectivity index is 1.63. The first-order valence-electron chi connectivity index (χ1n) is 7.53. The fourth-order valence-corrected chi connectivity index (χ4v) is 2.90. The van der Waals surface area contributed by atoms with Crippen LogP contribution in [0, 0.1) is 11.3 Å². The van der Waals surface area contributed by atoms with Gasteiger partial charge in [-0.05, 0) is 18.9 Å². The number of hydrogen-bond acceptors (Lipinski definition) is 4. The molecule has 7 nitrogen and oxygen atoms in total. The number of amides is 1. The molecule has 2 N–H and O–H groups in total. The molecule has 0 saturated heterocycles. The molecule has 0 radical (unpaired) electrons. The number of carbonyl (C=O) groups excluding carboxylic acids is 1. The minimum absolute atomic E-state index is 0.250. The van der Waals surface area contributed by atoms with E-state index in [2.05, 4.69) is 25.1 Å². The van der Waals surface area contributed by atoms with Gasteiger partial charge in [-0.3, -0.25) is 4.79 Å². The van der Waals surface area contributed by atoms with E-state index in [1.54, 1.807) is 6.33 Å². The fraction of sp³-hybridized carbons (Fsp3) is 0.467. The van der Waals surface area contributed by atoms with E-state index in [1.165, 1.54) is 31.5 Å². The summed E-state index contributed by atoms with van der Waals surface area (Å²) in [5.41, 5.74) is 0.816. The van der Waals surface area contributed by atoms with Crippen molar-refractivity contribution in [3.05, 3.63) is 35.7 Å². The monoisotopic (exact) mass is 298 g/mol. The molecule has 1 aliphatic rings. The minimum atomic E-state index is -0.250. The highest BCUT2D eigenvalue weighted by molar-refractivity contribution is 5.92. The van der Waals surface area contributed by atoms with Crippen LogP contribution in [0.4, 0.5) is 0 Å². The van der Waals surface area contributed by atoms with Crippen molar-refractivity contribution in [2.75, 3.05) is 0 Å². The molecule has 0 atom stereocenters. The number of nitriles is 1. The van der Waals surface area contributed by atoms with Crippen LogP contribution < -0.4 is 5.32 Å². The smallest absolute Gasteiger partial charge is 0.268 e. The van der Waals surface area contributed by atoms with Crippen LogP contribution in [0.25, 0.3) is 0 Å². The number of carbonyl (C=O) groups is 1. The second-order valence-electron chi connectivity index (χ2n) is 5.54. The Kier molecular flexibility index (Phi) is 4.19. The second kappa shape index (κ2) is 6.43. The minimum Gasteiger partial charge on any atom is -0.356 e. The maximum Gasteiger partial charge on any atom is 0.268 e. The largest absolute Gasteiger partial charge is 0.356 e. The van der Waals surface area contributed by atoms with Crippen molar-refractivity contribution in [1.82, 2.24) is 25.1 Å². The Morgan fingerprint density at radius 3 is 3.00 bits per heavy atom. The third-order valence-corrected chi connectivity index (χ3v) is 4.08. The van der Waals surface area contributed by atoms with Gasteiger partial charge in [0.25, 0.3) is 5.91 Å². The van der Waals surface area contributed by atoms with Crippen LogP contribution in [0.5, 0.6) is 0 Å². The summed E-state index contributed by atoms with van der Waals surface area (Å²) < 4.78 is 2.08. The van der Waals surface area contributed by atoms with Gasteiger partial charge in [-0.25, -0.2) is 0 Å². The summed E-state index contributed by atoms with van der Waals surface area (Å²) in [5.74, 6) is 0.520. The van der Waals surface area contributed by atoms with Gasteiger partial charge >= 0.3 is 0 Å². The molecule has 22 heavy (non-hydrogen) atoms. The molecule has 0 unspecified atom stereocenters. The van der Waals surface area contributed by atoms with Crippen LogP contribution in [0.3, 0.4) is 0 Å². The molecule has 0 aromatic carbocycles. The lowest BCUT2D eigenvalue weighted by molar-refractivity contribution is 0.0944. The Bertz CT molecular complexity index is 689. The van der Waals surface area contributed by atoms with E-state index in [4.69, 9.17) is 5.26 Å². The number of aromatic amines is 1. The zero-order valence-corrected chi connectivity index (χ0v) is 12.2. The van der Waals surface area contributed by atoms with Gasteiger partial charge in [0.1, 0.15) is 18.1 Å². The van der Waals surface area contributed by atoms with Gasteiger partial charge in [-0.15, -0.1) is 10.2 Å². The van der Waals surface area contributed by atoms with Gasteiger partial charge in [0.05, 0.1) is 12.1 Å². The first-order valence-corrected chi connectivity index (χ1v) is 7.53. The third kappa shape index (κ3) is 3.01. The first kappa shape index (κ1) is 14.3. The summed E-state index contributed by atoms with van der Waals surface area (Å²) >= 11 is 0. The number of hydrogen-bond donors (Lipinski definition) is 2. The Morgan fingerprint density at radius 1 is 1.45 bits per heavy atom. The number of rotatable bonds is 4. The number of nitrogens with one attached hydrogen (secondary N) is 2. The molecular formula is C15H18N6O. The molecule has 1 saturated carbocycles. The lowest BCUT2D eigenvalue weighted by Gasteiger charge is -2.23. The molecule has 0 bridgehead atoms. The summed E-state index contributed by atoms with van der Waals surface area (Å²) in [7, 11) is 0. The van der Waals surface area contributed by atoms with E-state index in [0.717, 1.165) is 18.7 Å². The molecule has 2 aromatic heterocycles. The van der Waals surface area contributed by atoms with Gasteiger partial charge in [0.15, 0.2) is 5.82 Å². The molecule has 7 heteroatoms. The van der Waals surface area contributed by atoms with Gasteiger partial charge in [-0.1, -0.05) is 19.3 Å². The molecular weight excluding hydrogens is 280 g/mol. The number of H-pyrrole nitrogens is 1. The highest BCUT2D eigenvalue weighted by Crippen LogP contribution is 2.28. The summed E-state index contributed by atoms with van der Waals surface area (Å²) in [4.78, 5) is 14.8. The van der Waals surface area contributed by atoms with Crippen molar-refractivity contribution in [1.29, 1.82) is 5.26 Å². The SMILES string of the molecule is N#Cc1c[nH]c(C(=O)NCc2nncn2C2CCCCC2)c1. The Morgan fingerprint density at radius 2 is 2.27 bits per heavy atom. The Hall–Kier alpha value is -2.62. The average molecular weight is 298 g/mol. The number of aromatic nitrogens is 4. The van der Waals surface area contributed by atoms with Crippen LogP contribution >= 0.6 is 0 Å². The molecule has 1 aliphatic carbocycles. The van der Waals surface area contributed by atoms with Gasteiger partial charge < -0.3 is 14.9 Å². The van der Waals surface area contributed by atoms with Crippen LogP contribution in [-0.4, -0.2) is 25.7 Å². The van der Waals surface area contributed by atoms with E-state index in [1.807, 2.05) is 6.07 Å². The zero-order valence-electron chi connectivity index (χ0n) is 12.2. The summed E-state index contributed by atoms with van der Waals surface area (Å²) in [6, 6.07) is 3.95. The highest BCUT2D eigenvalue weighted by Gasteiger charge is 2.19. The predicted octanol–water partition coefficient (Wildman–Crippen LogP) is 1.91. The van der Waals surface area contributed by atoms with Crippen LogP contribution in [0.1, 0.15) is 60.0 Å². The summed E-state index contributed by atoms with van der Waals surface area (Å²) in [5, 5.41) is 19.7. The second-order valence-corrected chi connectivity index (χ2v) is 5.54. The molecule has 2 aromatic rings. The quantitative estimate of drug-likeness (QED) is 0.900. The molecule has 114 valence electrons. The van der Waals surface area contributed by atoms with E-state index in [0.29, 0.717) is 23.8 Å². The van der Waals surface area contributed by atoms with E-state index in [-0.39, 0.29) is 5.91 Å². The normalized spacial score (nSPS) is 15.4. The van der Waals surface area contributed by atoms with Crippen molar-refractivity contribution in [3.8, 4) is 6.07 Å². The van der Waals surface area contributed by atoms with E-state index in [9.17, 15) is 4.79 Å². The van der Waals surface area contributed by atoms with Crippen molar-refractivity contribution < 1.29 is 4.79 Å². The summed E-state index contributed by atoms with van der Waals surface area (Å²) in [6.07, 6.45) is 9.29. The fourth-order valence-electron chi connectivity index (χ4n) is 2.90. The van der Waals surface area contributed by atoms with Crippen molar-refractivity contribution in [2.24, 2.45) is 0 Å². The summed E-state index contributed by atoms with van der Waals surface area (Å²) in [6.45, 7) is 0.330. The first-order chi connectivity index (χ1) is 10.8. The van der Waals surface area contributed by atoms with Crippen LogP contribution in [0.15, 0.2) is 18.6 Å². The van der Waals surface area contributed by atoms with Gasteiger partial charge in [-0.2, -0.15) is 5.26 Å². The van der Waals surface area contributed by atoms with Crippen molar-refractivity contribution in [3.63, 3.8) is 0 Å². The molecule has 0 aliphatic heterocycles.